The van der Waals surface area contributed by atoms with E-state index in [0.29, 0.717) is 38.2 Å². The normalized spacial score (nSPS) is 23.3. The SMILES string of the molecule is CCc1ccc(Cc2ccccc2C(=O)[C@]2(O)O[C@H](CC)[C@@H](C)[C@H](OCc3ccccc3)[C@H]2OCc2ccccc2)cc1.CCc1ccc(Cc2ccccc2C(O)[C@@H]2O[C@H](CC)[C@@H](C)[C@H](OCc3ccccc3)[C@H]2OCc2ccccc2)cc1. The molecule has 1 unspecified atom stereocenters. The zero-order valence-electron chi connectivity index (χ0n) is 50.4. The lowest BCUT2D eigenvalue weighted by Crippen LogP contribution is -2.66. The molecule has 0 saturated carbocycles. The number of carbonyl (C=O) groups is 1. The standard InChI is InChI=1S/C38H42O5.C38H44O4/c1-4-28-20-22-29(23-21-28)24-32-18-12-13-19-33(32)36(39)38(40)37(42-26-31-16-10-7-11-17-31)35(27(3)34(5-2)43-38)41-25-30-14-8-6-9-15-30;1-4-28-20-22-29(23-21-28)24-32-18-12-13-19-33(32)35(39)37-38(41-26-31-16-10-7-11-17-31)36(27(3)34(5-2)42-37)40-25-30-14-8-6-9-15-30/h6-23,27,34-35,37,40H,4-5,24-26H2,1-3H3;6-23,27,34-39H,4-5,24-26H2,1-3H3/t27-,34-,35+,37-,38+;27-,34-,35?,36+,37+,38-/m11/s1. The summed E-state index contributed by atoms with van der Waals surface area (Å²) in [5, 5.41) is 24.5. The summed E-state index contributed by atoms with van der Waals surface area (Å²) in [6.07, 6.45) is 0.434. The van der Waals surface area contributed by atoms with Gasteiger partial charge in [-0.1, -0.05) is 260 Å². The predicted octanol–water partition coefficient (Wildman–Crippen LogP) is 15.2. The highest BCUT2D eigenvalue weighted by Crippen LogP contribution is 2.42. The maximum Gasteiger partial charge on any atom is 0.261 e. The summed E-state index contributed by atoms with van der Waals surface area (Å²) in [5.74, 6) is -2.79. The van der Waals surface area contributed by atoms with E-state index in [0.717, 1.165) is 70.2 Å². The minimum absolute atomic E-state index is 0.0595. The lowest BCUT2D eigenvalue weighted by Gasteiger charge is -2.49. The van der Waals surface area contributed by atoms with Crippen molar-refractivity contribution in [3.05, 3.63) is 285 Å². The summed E-state index contributed by atoms with van der Waals surface area (Å²) in [4.78, 5) is 14.5. The van der Waals surface area contributed by atoms with Gasteiger partial charge >= 0.3 is 0 Å². The number of aliphatic hydroxyl groups is 2. The topological polar surface area (TPSA) is 113 Å². The first kappa shape index (κ1) is 62.6. The number of aliphatic hydroxyl groups excluding tert-OH is 1. The van der Waals surface area contributed by atoms with Gasteiger partial charge in [0.05, 0.1) is 50.8 Å². The van der Waals surface area contributed by atoms with E-state index in [2.05, 4.69) is 107 Å². The molecule has 8 aromatic carbocycles. The lowest BCUT2D eigenvalue weighted by molar-refractivity contribution is -0.326. The Morgan fingerprint density at radius 3 is 1.32 bits per heavy atom. The molecule has 0 amide bonds. The molecule has 2 fully saturated rings. The number of benzene rings is 8. The second-order valence-corrected chi connectivity index (χ2v) is 22.9. The second kappa shape index (κ2) is 31.0. The first-order valence-corrected chi connectivity index (χ1v) is 30.7. The average Bonchev–Trinajstić information content (AvgIpc) is 3.33. The molecule has 2 saturated heterocycles. The van der Waals surface area contributed by atoms with Gasteiger partial charge in [0.25, 0.3) is 5.79 Å². The van der Waals surface area contributed by atoms with E-state index in [-0.39, 0.29) is 30.7 Å². The third kappa shape index (κ3) is 16.2. The highest BCUT2D eigenvalue weighted by atomic mass is 16.7. The van der Waals surface area contributed by atoms with Crippen molar-refractivity contribution in [3.8, 4) is 0 Å². The Kier molecular flexibility index (Phi) is 22.8. The van der Waals surface area contributed by atoms with Crippen LogP contribution in [0, 0.1) is 11.8 Å². The summed E-state index contributed by atoms with van der Waals surface area (Å²) in [6.45, 7) is 14.1. The first-order valence-electron chi connectivity index (χ1n) is 30.7. The van der Waals surface area contributed by atoms with Crippen molar-refractivity contribution in [2.75, 3.05) is 0 Å². The van der Waals surface area contributed by atoms with Crippen LogP contribution in [0.4, 0.5) is 0 Å². The zero-order valence-corrected chi connectivity index (χ0v) is 50.4. The van der Waals surface area contributed by atoms with Gasteiger partial charge in [-0.05, 0) is 99.7 Å². The monoisotopic (exact) mass is 1140 g/mol. The molecule has 9 nitrogen and oxygen atoms in total. The molecule has 11 atom stereocenters. The van der Waals surface area contributed by atoms with Gasteiger partial charge in [-0.3, -0.25) is 4.79 Å². The molecule has 0 bridgehead atoms. The maximum atomic E-state index is 14.5. The fourth-order valence-corrected chi connectivity index (χ4v) is 12.0. The Morgan fingerprint density at radius 2 is 0.835 bits per heavy atom. The van der Waals surface area contributed by atoms with Crippen molar-refractivity contribution in [2.45, 2.75) is 161 Å². The van der Waals surface area contributed by atoms with Crippen molar-refractivity contribution >= 4 is 5.78 Å². The minimum atomic E-state index is -2.24. The quantitative estimate of drug-likeness (QED) is 0.0571. The summed E-state index contributed by atoms with van der Waals surface area (Å²) >= 11 is 0. The average molecular weight is 1140 g/mol. The van der Waals surface area contributed by atoms with Crippen LogP contribution in [0.2, 0.25) is 0 Å². The molecule has 0 aliphatic carbocycles. The Balaban J connectivity index is 0.000000204. The van der Waals surface area contributed by atoms with E-state index in [1.165, 1.54) is 16.7 Å². The Morgan fingerprint density at radius 1 is 0.447 bits per heavy atom. The highest BCUT2D eigenvalue weighted by Gasteiger charge is 2.58. The van der Waals surface area contributed by atoms with Gasteiger partial charge < -0.3 is 38.6 Å². The third-order valence-electron chi connectivity index (χ3n) is 17.1. The van der Waals surface area contributed by atoms with E-state index in [1.807, 2.05) is 147 Å². The van der Waals surface area contributed by atoms with Crippen LogP contribution in [0.15, 0.2) is 218 Å². The van der Waals surface area contributed by atoms with Gasteiger partial charge in [-0.25, -0.2) is 0 Å². The Labute approximate surface area is 504 Å². The Bertz CT molecular complexity index is 3250. The van der Waals surface area contributed by atoms with Gasteiger partial charge in [-0.15, -0.1) is 0 Å². The Hall–Kier alpha value is -6.89. The molecule has 8 aromatic rings. The molecule has 2 aliphatic rings. The molecular formula is C76H86O9. The number of ether oxygens (including phenoxy) is 6. The van der Waals surface area contributed by atoms with Crippen LogP contribution in [0.3, 0.4) is 0 Å². The van der Waals surface area contributed by atoms with Crippen LogP contribution in [-0.4, -0.2) is 64.5 Å². The number of carbonyl (C=O) groups excluding carboxylic acids is 1. The van der Waals surface area contributed by atoms with Gasteiger partial charge in [0.2, 0.25) is 5.78 Å². The fourth-order valence-electron chi connectivity index (χ4n) is 12.0. The van der Waals surface area contributed by atoms with E-state index >= 15 is 0 Å². The molecule has 0 aromatic heterocycles. The second-order valence-electron chi connectivity index (χ2n) is 22.9. The van der Waals surface area contributed by atoms with Crippen LogP contribution < -0.4 is 0 Å². The van der Waals surface area contributed by atoms with Gasteiger partial charge in [0.15, 0.2) is 0 Å². The van der Waals surface area contributed by atoms with Crippen molar-refractivity contribution in [2.24, 2.45) is 11.8 Å². The number of hydrogen-bond donors (Lipinski definition) is 2. The molecule has 444 valence electrons. The zero-order chi connectivity index (χ0) is 59.5. The molecule has 0 spiro atoms. The van der Waals surface area contributed by atoms with Crippen LogP contribution in [0.1, 0.15) is 132 Å². The molecular weight excluding hydrogens is 1060 g/mol. The van der Waals surface area contributed by atoms with Crippen LogP contribution in [0.25, 0.3) is 0 Å². The van der Waals surface area contributed by atoms with Crippen LogP contribution in [-0.2, 0) is 80.5 Å². The molecule has 2 aliphatic heterocycles. The number of aryl methyl sites for hydroxylation is 2. The van der Waals surface area contributed by atoms with Crippen LogP contribution >= 0.6 is 0 Å². The number of ketones is 1. The van der Waals surface area contributed by atoms with E-state index in [4.69, 9.17) is 28.4 Å². The van der Waals surface area contributed by atoms with E-state index in [1.54, 1.807) is 6.07 Å². The lowest BCUT2D eigenvalue weighted by atomic mass is 9.81. The largest absolute Gasteiger partial charge is 0.386 e. The van der Waals surface area contributed by atoms with Crippen LogP contribution in [0.5, 0.6) is 0 Å². The van der Waals surface area contributed by atoms with E-state index in [9.17, 15) is 15.0 Å². The maximum absolute atomic E-state index is 14.5. The molecule has 10 rings (SSSR count). The number of Topliss-reactive ketones (excluding diaryl/α,β-unsaturated/α-hetero) is 1. The third-order valence-corrected chi connectivity index (χ3v) is 17.1. The molecule has 85 heavy (non-hydrogen) atoms. The van der Waals surface area contributed by atoms with Gasteiger partial charge in [0.1, 0.15) is 24.4 Å². The minimum Gasteiger partial charge on any atom is -0.386 e. The molecule has 9 heteroatoms. The number of rotatable bonds is 24. The number of hydrogen-bond acceptors (Lipinski definition) is 9. The summed E-state index contributed by atoms with van der Waals surface area (Å²) < 4.78 is 39.4. The molecule has 2 heterocycles. The van der Waals surface area contributed by atoms with Crippen molar-refractivity contribution < 1.29 is 43.4 Å². The van der Waals surface area contributed by atoms with Crippen molar-refractivity contribution in [1.82, 2.24) is 0 Å². The van der Waals surface area contributed by atoms with Crippen molar-refractivity contribution in [1.29, 1.82) is 0 Å². The predicted molar refractivity (Wildman–Crippen MR) is 337 cm³/mol. The van der Waals surface area contributed by atoms with Gasteiger partial charge in [-0.2, -0.15) is 0 Å². The molecule has 2 N–H and O–H groups in total. The molecule has 0 radical (unpaired) electrons. The summed E-state index contributed by atoms with van der Waals surface area (Å²) in [6, 6.07) is 72.9. The first-order chi connectivity index (χ1) is 41.5. The smallest absolute Gasteiger partial charge is 0.261 e. The van der Waals surface area contributed by atoms with Crippen molar-refractivity contribution in [3.63, 3.8) is 0 Å². The highest BCUT2D eigenvalue weighted by molar-refractivity contribution is 6.03. The van der Waals surface area contributed by atoms with E-state index < -0.39 is 48.2 Å². The summed E-state index contributed by atoms with van der Waals surface area (Å²) in [5.41, 5.74) is 12.2. The summed E-state index contributed by atoms with van der Waals surface area (Å²) in [7, 11) is 0. The fraction of sp³-hybridized carbons (Fsp3) is 0.355. The van der Waals surface area contributed by atoms with Gasteiger partial charge in [0, 0.05) is 17.4 Å².